The average Bonchev–Trinajstić information content (AvgIpc) is 3.43. The molecule has 0 spiro atoms. The van der Waals surface area contributed by atoms with E-state index in [2.05, 4.69) is 98.0 Å². The molecule has 2 atom stereocenters. The van der Waals surface area contributed by atoms with Gasteiger partial charge >= 0.3 is 37.9 Å². The number of methoxy groups -OCH3 is 2. The average molecular weight is 611 g/mol. The van der Waals surface area contributed by atoms with E-state index < -0.39 is 28.9 Å². The maximum absolute atomic E-state index is 5.84. The van der Waals surface area contributed by atoms with Crippen LogP contribution in [0.25, 0.3) is 22.3 Å². The maximum atomic E-state index is 5.84. The van der Waals surface area contributed by atoms with Crippen molar-refractivity contribution < 1.29 is 30.3 Å². The summed E-state index contributed by atoms with van der Waals surface area (Å²) in [5.41, 5.74) is 11.7. The van der Waals surface area contributed by atoms with Crippen molar-refractivity contribution in [2.75, 3.05) is 14.2 Å². The molecule has 0 bridgehead atoms. The molecule has 0 radical (unpaired) electrons. The van der Waals surface area contributed by atoms with E-state index in [4.69, 9.17) is 26.5 Å². The minimum absolute atomic E-state index is 0.383. The van der Waals surface area contributed by atoms with Crippen LogP contribution in [0.2, 0.25) is 13.1 Å². The van der Waals surface area contributed by atoms with Crippen LogP contribution in [-0.4, -0.2) is 22.3 Å². The molecule has 4 aromatic rings. The second-order valence-corrected chi connectivity index (χ2v) is 18.3. The normalized spacial score (nSPS) is 16.6. The summed E-state index contributed by atoms with van der Waals surface area (Å²) in [7, 11) is 11.4. The summed E-state index contributed by atoms with van der Waals surface area (Å²) in [5, 5.41) is 0. The Hall–Kier alpha value is -1.84. The van der Waals surface area contributed by atoms with Gasteiger partial charge in [-0.3, -0.25) is 0 Å². The van der Waals surface area contributed by atoms with E-state index >= 15 is 0 Å². The number of benzene rings is 4. The predicted molar refractivity (Wildman–Crippen MR) is 150 cm³/mol. The molecule has 4 aromatic carbocycles. The summed E-state index contributed by atoms with van der Waals surface area (Å²) in [5.74, 6) is 1.95. The molecule has 0 saturated carbocycles. The van der Waals surface area contributed by atoms with Crippen molar-refractivity contribution in [3.05, 3.63) is 107 Å². The summed E-state index contributed by atoms with van der Waals surface area (Å²) < 4.78 is 11.7. The molecule has 2 unspecified atom stereocenters. The van der Waals surface area contributed by atoms with Crippen molar-refractivity contribution in [1.82, 2.24) is 0 Å². The molecular formula is C30H28Cl2O2SiZr. The quantitative estimate of drug-likeness (QED) is 0.215. The zero-order valence-electron chi connectivity index (χ0n) is 20.8. The van der Waals surface area contributed by atoms with Gasteiger partial charge in [0.2, 0.25) is 0 Å². The van der Waals surface area contributed by atoms with Crippen LogP contribution in [-0.2, 0) is 20.8 Å². The van der Waals surface area contributed by atoms with Gasteiger partial charge in [0.15, 0.2) is 0 Å². The second-order valence-electron chi connectivity index (χ2n) is 9.78. The van der Waals surface area contributed by atoms with Crippen molar-refractivity contribution in [3.63, 3.8) is 0 Å². The molecular weight excluding hydrogens is 583 g/mol. The molecule has 6 rings (SSSR count). The Bertz CT molecular complexity index is 1320. The first kappa shape index (κ1) is 25.8. The monoisotopic (exact) mass is 608 g/mol. The van der Waals surface area contributed by atoms with E-state index in [-0.39, 0.29) is 0 Å². The van der Waals surface area contributed by atoms with Crippen molar-refractivity contribution >= 4 is 25.1 Å². The molecule has 0 heterocycles. The molecule has 0 aromatic heterocycles. The van der Waals surface area contributed by atoms with Gasteiger partial charge < -0.3 is 9.47 Å². The van der Waals surface area contributed by atoms with Crippen LogP contribution in [0.1, 0.15) is 33.3 Å². The molecule has 182 valence electrons. The molecule has 2 aliphatic rings. The van der Waals surface area contributed by atoms with Crippen LogP contribution >= 0.6 is 17.0 Å². The van der Waals surface area contributed by atoms with Crippen LogP contribution < -0.4 is 9.47 Å². The molecule has 36 heavy (non-hydrogen) atoms. The third kappa shape index (κ3) is 4.02. The van der Waals surface area contributed by atoms with E-state index in [0.717, 1.165) is 11.5 Å². The second kappa shape index (κ2) is 10.5. The van der Waals surface area contributed by atoms with E-state index in [9.17, 15) is 0 Å². The van der Waals surface area contributed by atoms with Gasteiger partial charge in [-0.2, -0.15) is 0 Å². The van der Waals surface area contributed by atoms with Crippen LogP contribution in [0.3, 0.4) is 0 Å². The van der Waals surface area contributed by atoms with Gasteiger partial charge in [-0.25, -0.2) is 0 Å². The first-order valence-electron chi connectivity index (χ1n) is 12.0. The fourth-order valence-electron chi connectivity index (χ4n) is 6.55. The zero-order chi connectivity index (χ0) is 25.4. The van der Waals surface area contributed by atoms with Crippen LogP contribution in [0.15, 0.2) is 84.9 Å². The van der Waals surface area contributed by atoms with Gasteiger partial charge in [0.25, 0.3) is 0 Å². The van der Waals surface area contributed by atoms with Crippen LogP contribution in [0, 0.1) is 0 Å². The fourth-order valence-corrected chi connectivity index (χ4v) is 11.1. The van der Waals surface area contributed by atoms with Crippen molar-refractivity contribution in [3.8, 4) is 33.8 Å². The Morgan fingerprint density at radius 2 is 0.944 bits per heavy atom. The van der Waals surface area contributed by atoms with E-state index in [0.29, 0.717) is 11.1 Å². The first-order valence-corrected chi connectivity index (χ1v) is 21.5. The van der Waals surface area contributed by atoms with Gasteiger partial charge in [-0.05, 0) is 45.5 Å². The Kier molecular flexibility index (Phi) is 7.52. The number of hydrogen-bond acceptors (Lipinski definition) is 2. The molecule has 2 nitrogen and oxygen atoms in total. The van der Waals surface area contributed by atoms with Crippen LogP contribution in [0.5, 0.6) is 11.5 Å². The first-order chi connectivity index (χ1) is 17.5. The Labute approximate surface area is 233 Å². The Balaban J connectivity index is 0.000000848. The van der Waals surface area contributed by atoms with E-state index in [1.807, 2.05) is 0 Å². The van der Waals surface area contributed by atoms with Crippen LogP contribution in [0.4, 0.5) is 0 Å². The summed E-state index contributed by atoms with van der Waals surface area (Å²) in [6, 6.07) is 31.0. The number of fused-ring (bicyclic) bond motifs is 6. The summed E-state index contributed by atoms with van der Waals surface area (Å²) in [6.45, 7) is 5.14. The number of halogens is 2. The van der Waals surface area contributed by atoms with Gasteiger partial charge in [0.1, 0.15) is 11.5 Å². The molecule has 0 N–H and O–H groups in total. The van der Waals surface area contributed by atoms with Crippen molar-refractivity contribution in [1.29, 1.82) is 0 Å². The van der Waals surface area contributed by atoms with E-state index in [1.165, 1.54) is 44.5 Å². The molecule has 2 aliphatic carbocycles. The fraction of sp³-hybridized carbons (Fsp3) is 0.200. The standard InChI is InChI=1S/C30H28O2Si.2ClH.Zr/c1-31-25-17-9-15-23-27(25)19-11-5-7-13-21(19)29(23)33(3,4)30-22-14-8-6-12-20(22)28-24(30)16-10-18-26(28)32-2;;;/h5-18,29-30H,1-4H3;2*1H;/q;;;+2/p-2. The minimum atomic E-state index is -2.02. The predicted octanol–water partition coefficient (Wildman–Crippen LogP) is 8.79. The number of hydrogen-bond donors (Lipinski definition) is 0. The van der Waals surface area contributed by atoms with Crippen molar-refractivity contribution in [2.45, 2.75) is 24.2 Å². The third-order valence-electron chi connectivity index (χ3n) is 7.75. The van der Waals surface area contributed by atoms with Gasteiger partial charge in [0.05, 0.1) is 22.3 Å². The van der Waals surface area contributed by atoms with Gasteiger partial charge in [-0.15, -0.1) is 0 Å². The molecule has 0 saturated heterocycles. The SMILES string of the molecule is COc1cccc2c1-c1ccccc1C2[Si](C)(C)C1c2ccccc2-c2c(OC)cccc21.[Cl][Zr][Cl]. The van der Waals surface area contributed by atoms with Gasteiger partial charge in [0, 0.05) is 22.2 Å². The zero-order valence-corrected chi connectivity index (χ0v) is 25.8. The molecule has 0 fully saturated rings. The topological polar surface area (TPSA) is 18.5 Å². The summed E-state index contributed by atoms with van der Waals surface area (Å²) in [4.78, 5) is 0. The number of ether oxygens (including phenoxy) is 2. The van der Waals surface area contributed by atoms with E-state index in [1.54, 1.807) is 14.2 Å². The number of rotatable bonds is 4. The Morgan fingerprint density at radius 1 is 0.583 bits per heavy atom. The molecule has 0 aliphatic heterocycles. The molecule has 6 heteroatoms. The third-order valence-corrected chi connectivity index (χ3v) is 12.0. The Morgan fingerprint density at radius 3 is 1.33 bits per heavy atom. The molecule has 0 amide bonds. The van der Waals surface area contributed by atoms with Gasteiger partial charge in [-0.1, -0.05) is 85.9 Å². The summed E-state index contributed by atoms with van der Waals surface area (Å²) in [6.07, 6.45) is 0. The van der Waals surface area contributed by atoms with Crippen molar-refractivity contribution in [2.24, 2.45) is 0 Å². The summed E-state index contributed by atoms with van der Waals surface area (Å²) >= 11 is -0.826.